The number of carbonyl (C=O) groups is 1. The fourth-order valence-corrected chi connectivity index (χ4v) is 4.96. The van der Waals surface area contributed by atoms with Gasteiger partial charge in [-0.1, -0.05) is 30.3 Å². The number of amides is 2. The molecule has 1 heterocycles. The summed E-state index contributed by atoms with van der Waals surface area (Å²) in [6.45, 7) is -1.32. The molecule has 1 saturated heterocycles. The zero-order chi connectivity index (χ0) is 21.4. The van der Waals surface area contributed by atoms with Crippen LogP contribution in [0, 0.1) is 0 Å². The first-order valence-electron chi connectivity index (χ1n) is 9.79. The number of hydrogen-bond acceptors (Lipinski definition) is 4. The van der Waals surface area contributed by atoms with E-state index in [1.807, 2.05) is 44.4 Å². The minimum absolute atomic E-state index is 0.147. The largest absolute Gasteiger partial charge is 0.406 e. The summed E-state index contributed by atoms with van der Waals surface area (Å²) in [5.74, 6) is 0. The van der Waals surface area contributed by atoms with Crippen LogP contribution in [0.15, 0.2) is 30.3 Å². The van der Waals surface area contributed by atoms with Crippen molar-refractivity contribution in [2.75, 3.05) is 33.7 Å². The third-order valence-corrected chi connectivity index (χ3v) is 6.48. The Morgan fingerprint density at radius 1 is 1.17 bits per heavy atom. The number of aliphatic hydroxyl groups excluding tert-OH is 1. The highest BCUT2D eigenvalue weighted by Crippen LogP contribution is 2.49. The maximum absolute atomic E-state index is 13.3. The van der Waals surface area contributed by atoms with Gasteiger partial charge in [0.15, 0.2) is 0 Å². The van der Waals surface area contributed by atoms with Crippen molar-refractivity contribution in [1.82, 2.24) is 14.7 Å². The Balaban J connectivity index is 1.89. The number of halogens is 3. The van der Waals surface area contributed by atoms with Crippen LogP contribution in [0.1, 0.15) is 31.2 Å². The highest BCUT2D eigenvalue weighted by Gasteiger charge is 2.56. The fraction of sp³-hybridized carbons (Fsp3) is 0.650. The highest BCUT2D eigenvalue weighted by atomic mass is 19.4. The zero-order valence-electron chi connectivity index (χ0n) is 16.8. The number of alkyl halides is 3. The predicted octanol–water partition coefficient (Wildman–Crippen LogP) is 2.33. The molecule has 1 spiro atoms. The lowest BCUT2D eigenvalue weighted by molar-refractivity contribution is -0.150. The van der Waals surface area contributed by atoms with Crippen LogP contribution in [0.5, 0.6) is 0 Å². The Morgan fingerprint density at radius 2 is 1.76 bits per heavy atom. The summed E-state index contributed by atoms with van der Waals surface area (Å²) < 4.78 is 39.8. The average Bonchev–Trinajstić information content (AvgIpc) is 2.87. The molecule has 2 aliphatic rings. The van der Waals surface area contributed by atoms with E-state index in [-0.39, 0.29) is 18.6 Å². The lowest BCUT2D eigenvalue weighted by Gasteiger charge is -2.51. The molecule has 29 heavy (non-hydrogen) atoms. The van der Waals surface area contributed by atoms with E-state index in [4.69, 9.17) is 5.73 Å². The lowest BCUT2D eigenvalue weighted by Crippen LogP contribution is -2.57. The molecule has 1 aliphatic heterocycles. The Morgan fingerprint density at radius 3 is 2.24 bits per heavy atom. The summed E-state index contributed by atoms with van der Waals surface area (Å²) in [4.78, 5) is 17.1. The van der Waals surface area contributed by atoms with E-state index in [9.17, 15) is 23.1 Å². The molecule has 1 unspecified atom stereocenters. The highest BCUT2D eigenvalue weighted by molar-refractivity contribution is 5.78. The second kappa shape index (κ2) is 7.77. The summed E-state index contributed by atoms with van der Waals surface area (Å²) in [5.41, 5.74) is 5.33. The van der Waals surface area contributed by atoms with Crippen LogP contribution in [0.25, 0.3) is 0 Å². The molecule has 0 radical (unpaired) electrons. The summed E-state index contributed by atoms with van der Waals surface area (Å²) in [6, 6.07) is 9.25. The first kappa shape index (κ1) is 21.9. The van der Waals surface area contributed by atoms with Gasteiger partial charge >= 0.3 is 12.2 Å². The molecule has 6 nitrogen and oxygen atoms in total. The van der Waals surface area contributed by atoms with Crippen LogP contribution in [0.4, 0.5) is 18.0 Å². The van der Waals surface area contributed by atoms with E-state index in [0.717, 1.165) is 10.5 Å². The van der Waals surface area contributed by atoms with Gasteiger partial charge in [0.25, 0.3) is 0 Å². The molecule has 1 atom stereocenters. The lowest BCUT2D eigenvalue weighted by atomic mass is 9.68. The van der Waals surface area contributed by atoms with Crippen molar-refractivity contribution in [3.05, 3.63) is 35.9 Å². The zero-order valence-corrected chi connectivity index (χ0v) is 16.8. The number of benzene rings is 1. The van der Waals surface area contributed by atoms with Crippen LogP contribution in [-0.4, -0.2) is 77.5 Å². The summed E-state index contributed by atoms with van der Waals surface area (Å²) in [6.07, 6.45) is -3.63. The van der Waals surface area contributed by atoms with Crippen LogP contribution in [0.3, 0.4) is 0 Å². The number of rotatable bonds is 5. The van der Waals surface area contributed by atoms with Crippen molar-refractivity contribution in [2.45, 2.75) is 49.2 Å². The van der Waals surface area contributed by atoms with Gasteiger partial charge in [-0.15, -0.1) is 0 Å². The molecule has 2 fully saturated rings. The van der Waals surface area contributed by atoms with Gasteiger partial charge in [0, 0.05) is 12.1 Å². The Labute approximate surface area is 169 Å². The molecular formula is C20H29F3N4O2. The van der Waals surface area contributed by atoms with Crippen molar-refractivity contribution >= 4 is 6.03 Å². The Hall–Kier alpha value is -1.84. The molecule has 1 aromatic carbocycles. The van der Waals surface area contributed by atoms with Gasteiger partial charge in [0.05, 0.1) is 12.1 Å². The van der Waals surface area contributed by atoms with Gasteiger partial charge < -0.3 is 20.6 Å². The maximum Gasteiger partial charge on any atom is 0.406 e. The number of β-amino-alcohol motifs (C(OH)–C–C–N with tert-alkyl or cyclic N) is 1. The van der Waals surface area contributed by atoms with Crippen molar-refractivity contribution in [2.24, 2.45) is 5.73 Å². The van der Waals surface area contributed by atoms with E-state index >= 15 is 0 Å². The average molecular weight is 414 g/mol. The first-order chi connectivity index (χ1) is 13.5. The Kier molecular flexibility index (Phi) is 5.86. The predicted molar refractivity (Wildman–Crippen MR) is 103 cm³/mol. The molecule has 0 aromatic heterocycles. The molecule has 1 aromatic rings. The quantitative estimate of drug-likeness (QED) is 0.726. The maximum atomic E-state index is 13.3. The standard InChI is InChI=1S/C20H29F3N4O2/c1-25(2)19(15-6-4-3-5-7-15)10-8-18(9-11-19)13-26(12-16(24)28)17(29)27(18)14-20(21,22)23/h3-7,16,28H,8-14,24H2,1-2H3/t16?,18-,19+. The van der Waals surface area contributed by atoms with E-state index < -0.39 is 30.5 Å². The van der Waals surface area contributed by atoms with Crippen LogP contribution in [-0.2, 0) is 5.54 Å². The van der Waals surface area contributed by atoms with Crippen molar-refractivity contribution in [3.8, 4) is 0 Å². The molecular weight excluding hydrogens is 385 g/mol. The minimum atomic E-state index is -4.49. The molecule has 162 valence electrons. The summed E-state index contributed by atoms with van der Waals surface area (Å²) in [7, 11) is 3.96. The van der Waals surface area contributed by atoms with Crippen LogP contribution in [0.2, 0.25) is 0 Å². The number of aliphatic hydroxyl groups is 1. The summed E-state index contributed by atoms with van der Waals surface area (Å²) >= 11 is 0. The van der Waals surface area contributed by atoms with Gasteiger partial charge in [-0.05, 0) is 45.3 Å². The number of hydrogen-bond donors (Lipinski definition) is 2. The van der Waals surface area contributed by atoms with Gasteiger partial charge in [-0.2, -0.15) is 13.2 Å². The Bertz CT molecular complexity index is 716. The van der Waals surface area contributed by atoms with Gasteiger partial charge in [-0.25, -0.2) is 4.79 Å². The minimum Gasteiger partial charge on any atom is -0.377 e. The van der Waals surface area contributed by atoms with E-state index in [1.54, 1.807) is 0 Å². The molecule has 9 heteroatoms. The normalized spacial score (nSPS) is 29.2. The molecule has 3 N–H and O–H groups in total. The monoisotopic (exact) mass is 414 g/mol. The SMILES string of the molecule is CN(C)[C@]1(c2ccccc2)CC[C@]2(CC1)CN(CC(N)O)C(=O)N2CC(F)(F)F. The fourth-order valence-electron chi connectivity index (χ4n) is 4.96. The third kappa shape index (κ3) is 4.22. The van der Waals surface area contributed by atoms with Crippen LogP contribution < -0.4 is 5.73 Å². The first-order valence-corrected chi connectivity index (χ1v) is 9.79. The van der Waals surface area contributed by atoms with E-state index in [1.165, 1.54) is 4.90 Å². The van der Waals surface area contributed by atoms with Crippen molar-refractivity contribution < 1.29 is 23.1 Å². The second-order valence-corrected chi connectivity index (χ2v) is 8.45. The van der Waals surface area contributed by atoms with Crippen LogP contribution >= 0.6 is 0 Å². The molecule has 1 aliphatic carbocycles. The molecule has 0 bridgehead atoms. The van der Waals surface area contributed by atoms with Gasteiger partial charge in [0.1, 0.15) is 12.8 Å². The number of nitrogens with zero attached hydrogens (tertiary/aromatic N) is 3. The number of urea groups is 1. The summed E-state index contributed by atoms with van der Waals surface area (Å²) in [5, 5.41) is 9.48. The smallest absolute Gasteiger partial charge is 0.377 e. The van der Waals surface area contributed by atoms with E-state index in [0.29, 0.717) is 25.7 Å². The third-order valence-electron chi connectivity index (χ3n) is 6.48. The van der Waals surface area contributed by atoms with Crippen molar-refractivity contribution in [3.63, 3.8) is 0 Å². The topological polar surface area (TPSA) is 73.0 Å². The molecule has 2 amide bonds. The number of carbonyl (C=O) groups excluding carboxylic acids is 1. The van der Waals surface area contributed by atoms with Gasteiger partial charge in [-0.3, -0.25) is 4.90 Å². The molecule has 3 rings (SSSR count). The van der Waals surface area contributed by atoms with Gasteiger partial charge in [0.2, 0.25) is 0 Å². The molecule has 1 saturated carbocycles. The number of nitrogens with two attached hydrogens (primary N) is 1. The second-order valence-electron chi connectivity index (χ2n) is 8.45. The van der Waals surface area contributed by atoms with E-state index in [2.05, 4.69) is 4.90 Å². The van der Waals surface area contributed by atoms with Crippen molar-refractivity contribution in [1.29, 1.82) is 0 Å².